The monoisotopic (exact) mass is 475 g/mol. The molecule has 1 aromatic carbocycles. The van der Waals surface area contributed by atoms with Crippen molar-refractivity contribution in [1.29, 1.82) is 0 Å². The zero-order chi connectivity index (χ0) is 24.8. The van der Waals surface area contributed by atoms with Gasteiger partial charge in [-0.25, -0.2) is 4.79 Å². The Hall–Kier alpha value is -3.31. The third-order valence-corrected chi connectivity index (χ3v) is 5.30. The Balaban J connectivity index is 1.82. The van der Waals surface area contributed by atoms with E-state index in [1.54, 1.807) is 43.0 Å². The van der Waals surface area contributed by atoms with Gasteiger partial charge in [0.15, 0.2) is 11.2 Å². The molecule has 3 rings (SSSR count). The predicted molar refractivity (Wildman–Crippen MR) is 129 cm³/mol. The topological polar surface area (TPSA) is 122 Å². The highest BCUT2D eigenvalue weighted by Crippen LogP contribution is 2.19. The maximum Gasteiger partial charge on any atom is 0.332 e. The van der Waals surface area contributed by atoms with E-state index < -0.39 is 17.4 Å². The lowest BCUT2D eigenvalue weighted by Crippen LogP contribution is -2.38. The molecular weight excluding hydrogens is 442 g/mol. The van der Waals surface area contributed by atoms with Crippen LogP contribution >= 0.6 is 0 Å². The van der Waals surface area contributed by atoms with Crippen molar-refractivity contribution < 1.29 is 19.3 Å². The second-order valence-corrected chi connectivity index (χ2v) is 8.26. The summed E-state index contributed by atoms with van der Waals surface area (Å²) in [5.74, 6) is 1.67. The normalized spacial score (nSPS) is 12.3. The predicted octanol–water partition coefficient (Wildman–Crippen LogP) is 1.11. The van der Waals surface area contributed by atoms with Crippen LogP contribution in [0.2, 0.25) is 0 Å². The van der Waals surface area contributed by atoms with E-state index in [9.17, 15) is 14.7 Å². The summed E-state index contributed by atoms with van der Waals surface area (Å²) < 4.78 is 20.3. The zero-order valence-corrected chi connectivity index (χ0v) is 20.3. The molecule has 2 aromatic heterocycles. The van der Waals surface area contributed by atoms with E-state index in [1.807, 2.05) is 13.8 Å². The number of fused-ring (bicyclic) bond motifs is 1. The lowest BCUT2D eigenvalue weighted by Gasteiger charge is -2.16. The number of methoxy groups -OCH3 is 1. The highest BCUT2D eigenvalue weighted by molar-refractivity contribution is 5.74. The summed E-state index contributed by atoms with van der Waals surface area (Å²) in [5, 5.41) is 13.9. The van der Waals surface area contributed by atoms with Gasteiger partial charge in [0, 0.05) is 27.2 Å². The Labute approximate surface area is 197 Å². The number of aliphatic hydroxyl groups excluding tert-OH is 1. The van der Waals surface area contributed by atoms with E-state index in [2.05, 4.69) is 10.3 Å². The first-order valence-electron chi connectivity index (χ1n) is 11.2. The molecular formula is C23H33N5O6. The Morgan fingerprint density at radius 2 is 1.76 bits per heavy atom. The minimum absolute atomic E-state index is 0.000248. The van der Waals surface area contributed by atoms with E-state index >= 15 is 0 Å². The molecule has 0 saturated carbocycles. The average molecular weight is 476 g/mol. The molecule has 2 heterocycles. The fourth-order valence-electron chi connectivity index (χ4n) is 3.48. The van der Waals surface area contributed by atoms with Crippen LogP contribution in [0.1, 0.15) is 20.3 Å². The standard InChI is InChI=1S/C23H33N5O6/c1-15(2)33-12-6-11-24-22-25-20-19(21(30)27(4)23(31)26(20)3)28(22)13-16(29)14-34-18-9-7-17(32-5)8-10-18/h7-10,15-16,29H,6,11-14H2,1-5H3,(H,24,25)/t16-/m0/s1. The lowest BCUT2D eigenvalue weighted by molar-refractivity contribution is 0.0786. The summed E-state index contributed by atoms with van der Waals surface area (Å²) in [5.41, 5.74) is -0.473. The number of nitrogens with one attached hydrogen (secondary N) is 1. The third kappa shape index (κ3) is 5.78. The van der Waals surface area contributed by atoms with Crippen molar-refractivity contribution in [3.63, 3.8) is 0 Å². The Morgan fingerprint density at radius 1 is 1.09 bits per heavy atom. The molecule has 0 aliphatic rings. The third-order valence-electron chi connectivity index (χ3n) is 5.30. The van der Waals surface area contributed by atoms with Crippen LogP contribution in [-0.2, 0) is 25.4 Å². The number of hydrogen-bond acceptors (Lipinski definition) is 8. The average Bonchev–Trinajstić information content (AvgIpc) is 3.18. The van der Waals surface area contributed by atoms with Gasteiger partial charge >= 0.3 is 5.69 Å². The van der Waals surface area contributed by atoms with Crippen LogP contribution in [0.25, 0.3) is 11.2 Å². The second-order valence-electron chi connectivity index (χ2n) is 8.26. The van der Waals surface area contributed by atoms with Crippen LogP contribution in [0.15, 0.2) is 33.9 Å². The van der Waals surface area contributed by atoms with E-state index in [0.29, 0.717) is 30.6 Å². The molecule has 0 saturated heterocycles. The summed E-state index contributed by atoms with van der Waals surface area (Å²) in [4.78, 5) is 29.8. The molecule has 0 aliphatic carbocycles. The smallest absolute Gasteiger partial charge is 0.332 e. The molecule has 0 bridgehead atoms. The Bertz CT molecular complexity index is 1210. The Morgan fingerprint density at radius 3 is 2.41 bits per heavy atom. The molecule has 11 heteroatoms. The van der Waals surface area contributed by atoms with Gasteiger partial charge in [-0.3, -0.25) is 13.9 Å². The summed E-state index contributed by atoms with van der Waals surface area (Å²) in [6, 6.07) is 7.02. The SMILES string of the molecule is COc1ccc(OC[C@@H](O)Cn2c(NCCCOC(C)C)nc3c2c(=O)n(C)c(=O)n3C)cc1. The first-order chi connectivity index (χ1) is 16.2. The highest BCUT2D eigenvalue weighted by Gasteiger charge is 2.21. The van der Waals surface area contributed by atoms with Gasteiger partial charge in [-0.15, -0.1) is 0 Å². The van der Waals surface area contributed by atoms with Gasteiger partial charge in [0.05, 0.1) is 19.8 Å². The molecule has 0 amide bonds. The maximum atomic E-state index is 12.9. The van der Waals surface area contributed by atoms with Crippen LogP contribution in [0.4, 0.5) is 5.95 Å². The van der Waals surface area contributed by atoms with Crippen molar-refractivity contribution >= 4 is 17.1 Å². The molecule has 186 valence electrons. The van der Waals surface area contributed by atoms with Crippen molar-refractivity contribution in [2.45, 2.75) is 39.0 Å². The summed E-state index contributed by atoms with van der Waals surface area (Å²) in [6.07, 6.45) is -0.0733. The van der Waals surface area contributed by atoms with Gasteiger partial charge < -0.3 is 29.2 Å². The molecule has 34 heavy (non-hydrogen) atoms. The largest absolute Gasteiger partial charge is 0.497 e. The summed E-state index contributed by atoms with van der Waals surface area (Å²) >= 11 is 0. The number of ether oxygens (including phenoxy) is 3. The fraction of sp³-hybridized carbons (Fsp3) is 0.522. The summed E-state index contributed by atoms with van der Waals surface area (Å²) in [7, 11) is 4.56. The van der Waals surface area contributed by atoms with Crippen LogP contribution in [-0.4, -0.2) is 62.9 Å². The number of rotatable bonds is 12. The lowest BCUT2D eigenvalue weighted by atomic mass is 10.3. The Kier molecular flexibility index (Phi) is 8.35. The number of aliphatic hydroxyl groups is 1. The van der Waals surface area contributed by atoms with E-state index in [1.165, 1.54) is 11.6 Å². The summed E-state index contributed by atoms with van der Waals surface area (Å²) in [6.45, 7) is 5.11. The number of imidazole rings is 1. The van der Waals surface area contributed by atoms with Gasteiger partial charge in [-0.05, 0) is 44.5 Å². The van der Waals surface area contributed by atoms with Gasteiger partial charge in [0.1, 0.15) is 24.2 Å². The molecule has 0 spiro atoms. The quantitative estimate of drug-likeness (QED) is 0.374. The molecule has 11 nitrogen and oxygen atoms in total. The molecule has 0 unspecified atom stereocenters. The van der Waals surface area contributed by atoms with Gasteiger partial charge in [0.25, 0.3) is 5.56 Å². The number of aromatic nitrogens is 4. The maximum absolute atomic E-state index is 12.9. The molecule has 0 aliphatic heterocycles. The van der Waals surface area contributed by atoms with Crippen molar-refractivity contribution in [3.8, 4) is 11.5 Å². The van der Waals surface area contributed by atoms with Gasteiger partial charge in [-0.1, -0.05) is 0 Å². The number of benzene rings is 1. The number of aryl methyl sites for hydroxylation is 1. The molecule has 0 fully saturated rings. The van der Waals surface area contributed by atoms with Gasteiger partial charge in [-0.2, -0.15) is 4.98 Å². The molecule has 2 N–H and O–H groups in total. The first-order valence-corrected chi connectivity index (χ1v) is 11.2. The highest BCUT2D eigenvalue weighted by atomic mass is 16.5. The van der Waals surface area contributed by atoms with Crippen LogP contribution < -0.4 is 26.0 Å². The minimum Gasteiger partial charge on any atom is -0.497 e. The van der Waals surface area contributed by atoms with Crippen molar-refractivity contribution in [1.82, 2.24) is 18.7 Å². The molecule has 1 atom stereocenters. The zero-order valence-electron chi connectivity index (χ0n) is 20.3. The van der Waals surface area contributed by atoms with Crippen molar-refractivity contribution in [2.75, 3.05) is 32.2 Å². The van der Waals surface area contributed by atoms with Crippen LogP contribution in [0, 0.1) is 0 Å². The van der Waals surface area contributed by atoms with E-state index in [0.717, 1.165) is 11.0 Å². The van der Waals surface area contributed by atoms with Crippen LogP contribution in [0.5, 0.6) is 11.5 Å². The van der Waals surface area contributed by atoms with E-state index in [4.69, 9.17) is 14.2 Å². The van der Waals surface area contributed by atoms with Crippen molar-refractivity contribution in [2.24, 2.45) is 14.1 Å². The van der Waals surface area contributed by atoms with Crippen LogP contribution in [0.3, 0.4) is 0 Å². The van der Waals surface area contributed by atoms with Crippen molar-refractivity contribution in [3.05, 3.63) is 45.1 Å². The molecule has 0 radical (unpaired) electrons. The minimum atomic E-state index is -0.939. The number of anilines is 1. The molecule has 3 aromatic rings. The fourth-order valence-corrected chi connectivity index (χ4v) is 3.48. The second kappa shape index (κ2) is 11.2. The first kappa shape index (κ1) is 25.3. The van der Waals surface area contributed by atoms with E-state index in [-0.39, 0.29) is 30.4 Å². The number of nitrogens with zero attached hydrogens (tertiary/aromatic N) is 4. The number of hydrogen-bond donors (Lipinski definition) is 2. The van der Waals surface area contributed by atoms with Gasteiger partial charge in [0.2, 0.25) is 5.95 Å².